The van der Waals surface area contributed by atoms with Crippen molar-refractivity contribution in [2.45, 2.75) is 64.4 Å². The number of anilines is 1. The van der Waals surface area contributed by atoms with Gasteiger partial charge in [0.1, 0.15) is 0 Å². The monoisotopic (exact) mass is 352 g/mol. The summed E-state index contributed by atoms with van der Waals surface area (Å²) in [6, 6.07) is 6.25. The fourth-order valence-corrected chi connectivity index (χ4v) is 3.76. The minimum Gasteiger partial charge on any atom is -0.412 e. The number of rotatable bonds is 5. The summed E-state index contributed by atoms with van der Waals surface area (Å²) in [6.07, 6.45) is 2.11. The molecular weight excluding hydrogens is 319 g/mol. The van der Waals surface area contributed by atoms with Gasteiger partial charge in [0.25, 0.3) is 0 Å². The molecule has 1 fully saturated rings. The summed E-state index contributed by atoms with van der Waals surface area (Å²) in [5, 5.41) is 3.45. The number of nitrogens with one attached hydrogen (secondary N) is 1. The number of nitrogens with zero attached hydrogens (tertiary/aromatic N) is 1. The fraction of sp³-hybridized carbons (Fsp3) is 0.684. The van der Waals surface area contributed by atoms with E-state index >= 15 is 0 Å². The molecular formula is C19H33FN2OSi. The number of halogens is 1. The van der Waals surface area contributed by atoms with Crippen molar-refractivity contribution >= 4 is 14.0 Å². The molecule has 0 aromatic heterocycles. The molecule has 1 aliphatic heterocycles. The molecule has 0 amide bonds. The number of hydrogen-bond donors (Lipinski definition) is 1. The first-order chi connectivity index (χ1) is 11.2. The van der Waals surface area contributed by atoms with E-state index in [0.29, 0.717) is 18.2 Å². The van der Waals surface area contributed by atoms with Gasteiger partial charge in [-0.25, -0.2) is 4.39 Å². The summed E-state index contributed by atoms with van der Waals surface area (Å²) in [5.74, 6) is -0.112. The highest BCUT2D eigenvalue weighted by Crippen LogP contribution is 2.37. The standard InChI is InChI=1S/C19H33FN2OSi/c1-19(2,3)24(5,6)23-14-15-8-7-9-17(18(15)20)22-12-10-16(21-4)11-13-22/h7-9,16,21H,10-14H2,1-6H3. The Morgan fingerprint density at radius 1 is 1.25 bits per heavy atom. The van der Waals surface area contributed by atoms with Crippen molar-refractivity contribution in [1.82, 2.24) is 5.32 Å². The van der Waals surface area contributed by atoms with Crippen LogP contribution in [0.5, 0.6) is 0 Å². The zero-order chi connectivity index (χ0) is 18.0. The molecule has 0 radical (unpaired) electrons. The molecule has 3 nitrogen and oxygen atoms in total. The average Bonchev–Trinajstić information content (AvgIpc) is 2.53. The van der Waals surface area contributed by atoms with Crippen LogP contribution in [0.2, 0.25) is 18.1 Å². The molecule has 1 aliphatic rings. The lowest BCUT2D eigenvalue weighted by Gasteiger charge is -2.36. The second kappa shape index (κ2) is 7.54. The van der Waals surface area contributed by atoms with Crippen LogP contribution in [0.1, 0.15) is 39.2 Å². The highest BCUT2D eigenvalue weighted by molar-refractivity contribution is 6.74. The molecule has 1 N–H and O–H groups in total. The van der Waals surface area contributed by atoms with Gasteiger partial charge in [0.15, 0.2) is 14.1 Å². The van der Waals surface area contributed by atoms with Crippen LogP contribution in [0.4, 0.5) is 10.1 Å². The van der Waals surface area contributed by atoms with Gasteiger partial charge < -0.3 is 14.6 Å². The van der Waals surface area contributed by atoms with Gasteiger partial charge in [0.2, 0.25) is 0 Å². The van der Waals surface area contributed by atoms with Crippen LogP contribution in [0.15, 0.2) is 18.2 Å². The van der Waals surface area contributed by atoms with E-state index < -0.39 is 8.32 Å². The molecule has 0 atom stereocenters. The molecule has 0 saturated carbocycles. The molecule has 0 spiro atoms. The topological polar surface area (TPSA) is 24.5 Å². The van der Waals surface area contributed by atoms with Gasteiger partial charge in [-0.3, -0.25) is 0 Å². The molecule has 0 bridgehead atoms. The van der Waals surface area contributed by atoms with Crippen LogP contribution in [0.25, 0.3) is 0 Å². The predicted molar refractivity (Wildman–Crippen MR) is 103 cm³/mol. The van der Waals surface area contributed by atoms with Crippen molar-refractivity contribution in [3.05, 3.63) is 29.6 Å². The summed E-state index contributed by atoms with van der Waals surface area (Å²) in [5.41, 5.74) is 1.40. The minimum atomic E-state index is -1.87. The summed E-state index contributed by atoms with van der Waals surface area (Å²) in [4.78, 5) is 2.17. The van der Waals surface area contributed by atoms with Gasteiger partial charge in [0, 0.05) is 24.7 Å². The Morgan fingerprint density at radius 2 is 1.88 bits per heavy atom. The third-order valence-corrected chi connectivity index (χ3v) is 10.2. The van der Waals surface area contributed by atoms with E-state index in [1.165, 1.54) is 0 Å². The van der Waals surface area contributed by atoms with E-state index in [-0.39, 0.29) is 10.9 Å². The Morgan fingerprint density at radius 3 is 2.42 bits per heavy atom. The van der Waals surface area contributed by atoms with Crippen LogP contribution in [0.3, 0.4) is 0 Å². The average molecular weight is 353 g/mol. The number of hydrogen-bond acceptors (Lipinski definition) is 3. The van der Waals surface area contributed by atoms with Crippen molar-refractivity contribution in [1.29, 1.82) is 0 Å². The highest BCUT2D eigenvalue weighted by atomic mass is 28.4. The van der Waals surface area contributed by atoms with Gasteiger partial charge >= 0.3 is 0 Å². The zero-order valence-electron chi connectivity index (χ0n) is 16.1. The van der Waals surface area contributed by atoms with E-state index in [2.05, 4.69) is 44.1 Å². The van der Waals surface area contributed by atoms with Gasteiger partial charge in [-0.15, -0.1) is 0 Å². The molecule has 2 rings (SSSR count). The van der Waals surface area contributed by atoms with Crippen LogP contribution >= 0.6 is 0 Å². The van der Waals surface area contributed by atoms with Gasteiger partial charge in [-0.2, -0.15) is 0 Å². The summed E-state index contributed by atoms with van der Waals surface area (Å²) >= 11 is 0. The second-order valence-electron chi connectivity index (χ2n) is 8.35. The fourth-order valence-electron chi connectivity index (χ4n) is 2.81. The Hall–Kier alpha value is -0.913. The van der Waals surface area contributed by atoms with Crippen LogP contribution in [-0.4, -0.2) is 34.5 Å². The normalized spacial score (nSPS) is 17.4. The molecule has 1 aromatic carbocycles. The Labute approximate surface area is 147 Å². The lowest BCUT2D eigenvalue weighted by molar-refractivity contribution is 0.271. The quantitative estimate of drug-likeness (QED) is 0.788. The molecule has 5 heteroatoms. The van der Waals surface area contributed by atoms with E-state index in [4.69, 9.17) is 4.43 Å². The first kappa shape index (κ1) is 19.4. The van der Waals surface area contributed by atoms with Crippen molar-refractivity contribution in [2.75, 3.05) is 25.0 Å². The van der Waals surface area contributed by atoms with Gasteiger partial charge in [0.05, 0.1) is 12.3 Å². The van der Waals surface area contributed by atoms with Crippen molar-refractivity contribution in [3.63, 3.8) is 0 Å². The Bertz CT molecular complexity index is 549. The molecule has 1 saturated heterocycles. The van der Waals surface area contributed by atoms with Crippen LogP contribution in [-0.2, 0) is 11.0 Å². The van der Waals surface area contributed by atoms with Crippen molar-refractivity contribution in [2.24, 2.45) is 0 Å². The number of piperidine rings is 1. The third-order valence-electron chi connectivity index (χ3n) is 5.70. The van der Waals surface area contributed by atoms with Crippen molar-refractivity contribution in [3.8, 4) is 0 Å². The van der Waals surface area contributed by atoms with Crippen LogP contribution < -0.4 is 10.2 Å². The summed E-state index contributed by atoms with van der Waals surface area (Å²) in [6.45, 7) is 13.2. The van der Waals surface area contributed by atoms with Crippen LogP contribution in [0, 0.1) is 5.82 Å². The van der Waals surface area contributed by atoms with Gasteiger partial charge in [-0.1, -0.05) is 32.9 Å². The molecule has 0 aliphatic carbocycles. The zero-order valence-corrected chi connectivity index (χ0v) is 17.1. The van der Waals surface area contributed by atoms with E-state index in [1.807, 2.05) is 25.2 Å². The lowest BCUT2D eigenvalue weighted by Crippen LogP contribution is -2.41. The molecule has 1 aromatic rings. The first-order valence-corrected chi connectivity index (χ1v) is 11.9. The molecule has 1 heterocycles. The van der Waals surface area contributed by atoms with E-state index in [9.17, 15) is 4.39 Å². The number of benzene rings is 1. The van der Waals surface area contributed by atoms with E-state index in [1.54, 1.807) is 0 Å². The summed E-state index contributed by atoms with van der Waals surface area (Å²) < 4.78 is 21.2. The maximum absolute atomic E-state index is 15.0. The maximum atomic E-state index is 15.0. The smallest absolute Gasteiger partial charge is 0.192 e. The summed E-state index contributed by atoms with van der Waals surface area (Å²) in [7, 11) is 0.130. The SMILES string of the molecule is CNC1CCN(c2cccc(CO[Si](C)(C)C(C)(C)C)c2F)CC1. The Balaban J connectivity index is 2.08. The second-order valence-corrected chi connectivity index (χ2v) is 13.2. The van der Waals surface area contributed by atoms with Crippen molar-refractivity contribution < 1.29 is 8.82 Å². The maximum Gasteiger partial charge on any atom is 0.192 e. The highest BCUT2D eigenvalue weighted by Gasteiger charge is 2.37. The first-order valence-electron chi connectivity index (χ1n) is 8.99. The third kappa shape index (κ3) is 4.38. The van der Waals surface area contributed by atoms with E-state index in [0.717, 1.165) is 31.6 Å². The molecule has 24 heavy (non-hydrogen) atoms. The predicted octanol–water partition coefficient (Wildman–Crippen LogP) is 4.54. The lowest BCUT2D eigenvalue weighted by atomic mass is 10.0. The molecule has 0 unspecified atom stereocenters. The molecule has 136 valence electrons. The Kier molecular flexibility index (Phi) is 6.10. The largest absolute Gasteiger partial charge is 0.412 e. The van der Waals surface area contributed by atoms with Gasteiger partial charge in [-0.05, 0) is 44.1 Å². The minimum absolute atomic E-state index is 0.112.